The highest BCUT2D eigenvalue weighted by Gasteiger charge is 2.21. The number of hydrogen-bond acceptors (Lipinski definition) is 5. The van der Waals surface area contributed by atoms with Crippen molar-refractivity contribution in [1.29, 1.82) is 0 Å². The summed E-state index contributed by atoms with van der Waals surface area (Å²) in [5.41, 5.74) is 4.11. The first-order valence-electron chi connectivity index (χ1n) is 7.63. The van der Waals surface area contributed by atoms with Gasteiger partial charge >= 0.3 is 0 Å². The van der Waals surface area contributed by atoms with Gasteiger partial charge in [-0.25, -0.2) is 4.98 Å². The van der Waals surface area contributed by atoms with Gasteiger partial charge in [0.15, 0.2) is 0 Å². The first kappa shape index (κ1) is 13.6. The predicted octanol–water partition coefficient (Wildman–Crippen LogP) is 3.71. The van der Waals surface area contributed by atoms with Gasteiger partial charge in [-0.15, -0.1) is 0 Å². The predicted molar refractivity (Wildman–Crippen MR) is 90.3 cm³/mol. The summed E-state index contributed by atoms with van der Waals surface area (Å²) in [5.74, 6) is 1.70. The first-order valence-corrected chi connectivity index (χ1v) is 8.01. The van der Waals surface area contributed by atoms with Crippen LogP contribution in [0, 0.1) is 6.92 Å². The number of aryl methyl sites for hydroxylation is 1. The minimum Gasteiger partial charge on any atom is -0.379 e. The molecule has 0 aliphatic carbocycles. The van der Waals surface area contributed by atoms with E-state index in [-0.39, 0.29) is 0 Å². The number of rotatable bonds is 1. The van der Waals surface area contributed by atoms with Gasteiger partial charge in [-0.05, 0) is 38.0 Å². The highest BCUT2D eigenvalue weighted by molar-refractivity contribution is 6.31. The number of aromatic nitrogens is 2. The van der Waals surface area contributed by atoms with Crippen molar-refractivity contribution < 1.29 is 0 Å². The van der Waals surface area contributed by atoms with Crippen LogP contribution in [-0.2, 0) is 6.54 Å². The van der Waals surface area contributed by atoms with Crippen LogP contribution in [0.1, 0.15) is 24.1 Å². The van der Waals surface area contributed by atoms with E-state index in [4.69, 9.17) is 21.6 Å². The molecular formula is C16H18ClN5. The summed E-state index contributed by atoms with van der Waals surface area (Å²) in [7, 11) is 0. The number of anilines is 4. The molecule has 4 rings (SSSR count). The first-order chi connectivity index (χ1) is 10.7. The molecule has 0 spiro atoms. The Morgan fingerprint density at radius 3 is 2.77 bits per heavy atom. The van der Waals surface area contributed by atoms with Crippen LogP contribution in [0.3, 0.4) is 0 Å². The van der Waals surface area contributed by atoms with Crippen molar-refractivity contribution in [2.75, 3.05) is 28.6 Å². The van der Waals surface area contributed by atoms with E-state index < -0.39 is 0 Å². The molecule has 0 atom stereocenters. The number of nitrogens with one attached hydrogen (secondary N) is 2. The monoisotopic (exact) mass is 315 g/mol. The van der Waals surface area contributed by atoms with Crippen molar-refractivity contribution in [1.82, 2.24) is 9.97 Å². The van der Waals surface area contributed by atoms with E-state index in [9.17, 15) is 0 Å². The zero-order valence-electron chi connectivity index (χ0n) is 12.5. The fourth-order valence-electron chi connectivity index (χ4n) is 3.04. The van der Waals surface area contributed by atoms with E-state index in [2.05, 4.69) is 15.5 Å². The molecule has 1 fully saturated rings. The second-order valence-electron chi connectivity index (χ2n) is 5.80. The van der Waals surface area contributed by atoms with Crippen LogP contribution < -0.4 is 15.5 Å². The molecule has 1 aromatic carbocycles. The number of hydrogen-bond donors (Lipinski definition) is 2. The van der Waals surface area contributed by atoms with Crippen LogP contribution in [0.5, 0.6) is 0 Å². The Hall–Kier alpha value is -2.01. The van der Waals surface area contributed by atoms with Gasteiger partial charge in [0.25, 0.3) is 0 Å². The fourth-order valence-corrected chi connectivity index (χ4v) is 3.21. The lowest BCUT2D eigenvalue weighted by Crippen LogP contribution is -2.22. The summed E-state index contributed by atoms with van der Waals surface area (Å²) in [6, 6.07) is 5.80. The second-order valence-corrected chi connectivity index (χ2v) is 6.24. The van der Waals surface area contributed by atoms with Gasteiger partial charge < -0.3 is 15.5 Å². The average molecular weight is 316 g/mol. The lowest BCUT2D eigenvalue weighted by atomic mass is 10.2. The second kappa shape index (κ2) is 5.32. The van der Waals surface area contributed by atoms with E-state index in [1.807, 2.05) is 25.1 Å². The number of benzene rings is 1. The number of nitrogens with zero attached hydrogens (tertiary/aromatic N) is 3. The molecule has 0 saturated carbocycles. The Labute approximate surface area is 134 Å². The molecule has 1 saturated heterocycles. The van der Waals surface area contributed by atoms with Crippen LogP contribution in [0.2, 0.25) is 5.02 Å². The van der Waals surface area contributed by atoms with Crippen molar-refractivity contribution in [2.24, 2.45) is 0 Å². The van der Waals surface area contributed by atoms with Gasteiger partial charge in [0.2, 0.25) is 5.95 Å². The maximum Gasteiger partial charge on any atom is 0.227 e. The Kier molecular flexibility index (Phi) is 3.30. The largest absolute Gasteiger partial charge is 0.379 e. The quantitative estimate of drug-likeness (QED) is 0.840. The summed E-state index contributed by atoms with van der Waals surface area (Å²) >= 11 is 6.11. The molecule has 22 heavy (non-hydrogen) atoms. The van der Waals surface area contributed by atoms with E-state index in [1.165, 1.54) is 12.8 Å². The molecule has 2 aliphatic heterocycles. The fraction of sp³-hybridized carbons (Fsp3) is 0.375. The highest BCUT2D eigenvalue weighted by atomic mass is 35.5. The van der Waals surface area contributed by atoms with Crippen molar-refractivity contribution in [3.63, 3.8) is 0 Å². The van der Waals surface area contributed by atoms with Crippen molar-refractivity contribution in [3.8, 4) is 0 Å². The van der Waals surface area contributed by atoms with Crippen LogP contribution in [0.25, 0.3) is 0 Å². The van der Waals surface area contributed by atoms with Gasteiger partial charge in [-0.1, -0.05) is 11.6 Å². The number of halogens is 1. The van der Waals surface area contributed by atoms with E-state index >= 15 is 0 Å². The smallest absolute Gasteiger partial charge is 0.227 e. The van der Waals surface area contributed by atoms with Crippen molar-refractivity contribution >= 4 is 34.7 Å². The minimum atomic E-state index is 0.710. The standard InChI is InChI=1S/C16H18ClN5/c1-10-12-9-18-13-5-4-11(17)8-14(13)20-15(12)21-16(19-10)22-6-2-3-7-22/h4-5,8,18H,2-3,6-7,9H2,1H3,(H,19,20,21). The molecular weight excluding hydrogens is 298 g/mol. The van der Waals surface area contributed by atoms with E-state index in [0.29, 0.717) is 11.6 Å². The van der Waals surface area contributed by atoms with Crippen molar-refractivity contribution in [3.05, 3.63) is 34.5 Å². The normalized spacial score (nSPS) is 16.4. The molecule has 2 aromatic rings. The van der Waals surface area contributed by atoms with Crippen LogP contribution in [-0.4, -0.2) is 23.1 Å². The molecule has 0 radical (unpaired) electrons. The topological polar surface area (TPSA) is 53.1 Å². The molecule has 2 aliphatic rings. The summed E-state index contributed by atoms with van der Waals surface area (Å²) in [5, 5.41) is 7.56. The van der Waals surface area contributed by atoms with Gasteiger partial charge in [0.05, 0.1) is 11.4 Å². The van der Waals surface area contributed by atoms with Gasteiger partial charge in [0, 0.05) is 35.9 Å². The summed E-state index contributed by atoms with van der Waals surface area (Å²) in [6.45, 7) is 4.84. The van der Waals surface area contributed by atoms with Crippen LogP contribution >= 0.6 is 11.6 Å². The summed E-state index contributed by atoms with van der Waals surface area (Å²) in [6.07, 6.45) is 2.43. The van der Waals surface area contributed by atoms with E-state index in [1.54, 1.807) is 0 Å². The molecule has 1 aromatic heterocycles. The molecule has 5 nitrogen and oxygen atoms in total. The SMILES string of the molecule is Cc1nc(N2CCCC2)nc2c1CNc1ccc(Cl)cc1N2. The molecule has 2 N–H and O–H groups in total. The Morgan fingerprint density at radius 1 is 1.14 bits per heavy atom. The van der Waals surface area contributed by atoms with Gasteiger partial charge in [0.1, 0.15) is 5.82 Å². The third kappa shape index (κ3) is 2.35. The number of fused-ring (bicyclic) bond motifs is 2. The van der Waals surface area contributed by atoms with Gasteiger partial charge in [-0.3, -0.25) is 0 Å². The Balaban J connectivity index is 1.77. The molecule has 0 unspecified atom stereocenters. The minimum absolute atomic E-state index is 0.710. The summed E-state index contributed by atoms with van der Waals surface area (Å²) in [4.78, 5) is 11.7. The van der Waals surface area contributed by atoms with Gasteiger partial charge in [-0.2, -0.15) is 4.98 Å². The molecule has 0 bridgehead atoms. The Morgan fingerprint density at radius 2 is 1.95 bits per heavy atom. The summed E-state index contributed by atoms with van der Waals surface area (Å²) < 4.78 is 0. The third-order valence-electron chi connectivity index (χ3n) is 4.28. The zero-order valence-corrected chi connectivity index (χ0v) is 13.2. The van der Waals surface area contributed by atoms with E-state index in [0.717, 1.165) is 47.5 Å². The molecule has 6 heteroatoms. The molecule has 114 valence electrons. The maximum absolute atomic E-state index is 6.11. The van der Waals surface area contributed by atoms with Crippen LogP contribution in [0.15, 0.2) is 18.2 Å². The lowest BCUT2D eigenvalue weighted by Gasteiger charge is -2.18. The highest BCUT2D eigenvalue weighted by Crippen LogP contribution is 2.34. The molecule has 0 amide bonds. The Bertz CT molecular complexity index is 725. The maximum atomic E-state index is 6.11. The third-order valence-corrected chi connectivity index (χ3v) is 4.52. The lowest BCUT2D eigenvalue weighted by molar-refractivity contribution is 0.880. The van der Waals surface area contributed by atoms with Crippen LogP contribution in [0.4, 0.5) is 23.1 Å². The van der Waals surface area contributed by atoms with Crippen molar-refractivity contribution in [2.45, 2.75) is 26.3 Å². The molecule has 3 heterocycles. The zero-order chi connectivity index (χ0) is 15.1. The average Bonchev–Trinajstić information content (AvgIpc) is 2.96.